The molecule has 1 aromatic carbocycles. The number of hydrogen-bond donors (Lipinski definition) is 0. The summed E-state index contributed by atoms with van der Waals surface area (Å²) in [5, 5.41) is 0.0551. The molecule has 0 aliphatic carbocycles. The van der Waals surface area contributed by atoms with E-state index in [1.807, 2.05) is 13.8 Å². The van der Waals surface area contributed by atoms with Crippen LogP contribution in [0.4, 0.5) is 4.39 Å². The molecule has 1 saturated heterocycles. The van der Waals surface area contributed by atoms with E-state index in [-0.39, 0.29) is 10.4 Å². The molecular formula is C11H12BBrClFO2. The molecule has 1 aromatic rings. The summed E-state index contributed by atoms with van der Waals surface area (Å²) in [7, 11) is -0.673. The van der Waals surface area contributed by atoms with Crippen molar-refractivity contribution >= 4 is 40.1 Å². The number of hydrogen-bond acceptors (Lipinski definition) is 2. The molecule has 2 rings (SSSR count). The summed E-state index contributed by atoms with van der Waals surface area (Å²) in [5.41, 5.74) is 0.306. The molecule has 0 unspecified atom stereocenters. The van der Waals surface area contributed by atoms with E-state index in [0.717, 1.165) is 0 Å². The fourth-order valence-electron chi connectivity index (χ4n) is 1.59. The first-order valence-electron chi connectivity index (χ1n) is 5.27. The van der Waals surface area contributed by atoms with Crippen LogP contribution in [-0.2, 0) is 9.31 Å². The van der Waals surface area contributed by atoms with Gasteiger partial charge in [0, 0.05) is 28.6 Å². The SMILES string of the molecule is CC1(C)COB(c2ccc(Br)c(Cl)c2F)OC1. The van der Waals surface area contributed by atoms with Gasteiger partial charge in [-0.05, 0) is 22.0 Å². The van der Waals surface area contributed by atoms with Crippen LogP contribution >= 0.6 is 27.5 Å². The highest BCUT2D eigenvalue weighted by Gasteiger charge is 2.35. The van der Waals surface area contributed by atoms with Crippen LogP contribution in [0.1, 0.15) is 13.8 Å². The molecule has 0 N–H and O–H groups in total. The van der Waals surface area contributed by atoms with Gasteiger partial charge in [0.05, 0.1) is 5.02 Å². The van der Waals surface area contributed by atoms with E-state index in [2.05, 4.69) is 15.9 Å². The summed E-state index contributed by atoms with van der Waals surface area (Å²) in [5.74, 6) is -0.495. The fourth-order valence-corrected chi connectivity index (χ4v) is 2.07. The Balaban J connectivity index is 2.22. The molecule has 2 nitrogen and oxygen atoms in total. The quantitative estimate of drug-likeness (QED) is 0.585. The zero-order valence-electron chi connectivity index (χ0n) is 9.60. The van der Waals surface area contributed by atoms with Gasteiger partial charge in [0.25, 0.3) is 0 Å². The second-order valence-corrected chi connectivity index (χ2v) is 6.12. The van der Waals surface area contributed by atoms with Crippen LogP contribution in [0.25, 0.3) is 0 Å². The molecule has 0 aromatic heterocycles. The van der Waals surface area contributed by atoms with Gasteiger partial charge in [-0.3, -0.25) is 0 Å². The van der Waals surface area contributed by atoms with Gasteiger partial charge >= 0.3 is 7.12 Å². The monoisotopic (exact) mass is 320 g/mol. The topological polar surface area (TPSA) is 18.5 Å². The van der Waals surface area contributed by atoms with E-state index in [0.29, 0.717) is 23.1 Å². The van der Waals surface area contributed by atoms with Crippen LogP contribution in [0.2, 0.25) is 5.02 Å². The average molecular weight is 321 g/mol. The Morgan fingerprint density at radius 2 is 1.94 bits per heavy atom. The van der Waals surface area contributed by atoms with Crippen LogP contribution in [0.3, 0.4) is 0 Å². The lowest BCUT2D eigenvalue weighted by atomic mass is 9.75. The predicted molar refractivity (Wildman–Crippen MR) is 70.2 cm³/mol. The second kappa shape index (κ2) is 4.88. The van der Waals surface area contributed by atoms with Crippen molar-refractivity contribution in [1.29, 1.82) is 0 Å². The Labute approximate surface area is 114 Å². The molecule has 0 spiro atoms. The lowest BCUT2D eigenvalue weighted by Crippen LogP contribution is -2.48. The van der Waals surface area contributed by atoms with Gasteiger partial charge in [-0.2, -0.15) is 0 Å². The molecule has 1 aliphatic heterocycles. The maximum absolute atomic E-state index is 13.9. The van der Waals surface area contributed by atoms with Gasteiger partial charge in [0.15, 0.2) is 0 Å². The summed E-state index contributed by atoms with van der Waals surface area (Å²) in [6.45, 7) is 5.14. The van der Waals surface area contributed by atoms with Crippen molar-refractivity contribution in [3.8, 4) is 0 Å². The highest BCUT2D eigenvalue weighted by molar-refractivity contribution is 9.10. The molecule has 1 fully saturated rings. The maximum atomic E-state index is 13.9. The van der Waals surface area contributed by atoms with Crippen LogP contribution in [-0.4, -0.2) is 20.3 Å². The Morgan fingerprint density at radius 1 is 1.35 bits per heavy atom. The summed E-state index contributed by atoms with van der Waals surface area (Å²) >= 11 is 8.99. The lowest BCUT2D eigenvalue weighted by molar-refractivity contribution is 0.0340. The summed E-state index contributed by atoms with van der Waals surface area (Å²) in [6.07, 6.45) is 0. The maximum Gasteiger partial charge on any atom is 0.496 e. The van der Waals surface area contributed by atoms with E-state index in [1.165, 1.54) is 0 Å². The van der Waals surface area contributed by atoms with Gasteiger partial charge < -0.3 is 9.31 Å². The van der Waals surface area contributed by atoms with Crippen LogP contribution in [0.5, 0.6) is 0 Å². The van der Waals surface area contributed by atoms with E-state index in [4.69, 9.17) is 20.9 Å². The molecule has 6 heteroatoms. The minimum absolute atomic E-state index is 0.0356. The summed E-state index contributed by atoms with van der Waals surface area (Å²) in [4.78, 5) is 0. The minimum Gasteiger partial charge on any atom is -0.407 e. The summed E-state index contributed by atoms with van der Waals surface area (Å²) < 4.78 is 25.5. The first-order valence-corrected chi connectivity index (χ1v) is 6.44. The highest BCUT2D eigenvalue weighted by Crippen LogP contribution is 2.26. The van der Waals surface area contributed by atoms with E-state index < -0.39 is 12.9 Å². The van der Waals surface area contributed by atoms with Gasteiger partial charge in [-0.15, -0.1) is 0 Å². The normalized spacial score (nSPS) is 19.5. The molecule has 0 bridgehead atoms. The standard InChI is InChI=1S/C11H12BBrClFO2/c1-11(2)5-16-12(17-6-11)7-3-4-8(13)9(14)10(7)15/h3-4H,5-6H2,1-2H3. The Hall–Kier alpha value is -0.0951. The van der Waals surface area contributed by atoms with E-state index in [9.17, 15) is 4.39 Å². The molecule has 0 amide bonds. The molecule has 0 radical (unpaired) electrons. The Morgan fingerprint density at radius 3 is 2.53 bits per heavy atom. The molecule has 17 heavy (non-hydrogen) atoms. The number of halogens is 3. The van der Waals surface area contributed by atoms with Crippen molar-refractivity contribution in [2.45, 2.75) is 13.8 Å². The van der Waals surface area contributed by atoms with Crippen molar-refractivity contribution in [1.82, 2.24) is 0 Å². The van der Waals surface area contributed by atoms with Gasteiger partial charge in [0.2, 0.25) is 0 Å². The van der Waals surface area contributed by atoms with Gasteiger partial charge in [-0.1, -0.05) is 31.5 Å². The smallest absolute Gasteiger partial charge is 0.407 e. The third kappa shape index (κ3) is 2.84. The number of rotatable bonds is 1. The van der Waals surface area contributed by atoms with Crippen molar-refractivity contribution in [3.63, 3.8) is 0 Å². The number of benzene rings is 1. The molecule has 1 heterocycles. The molecular weight excluding hydrogens is 309 g/mol. The zero-order chi connectivity index (χ0) is 12.6. The molecule has 92 valence electrons. The van der Waals surface area contributed by atoms with Gasteiger partial charge in [0.1, 0.15) is 5.82 Å². The largest absolute Gasteiger partial charge is 0.496 e. The zero-order valence-corrected chi connectivity index (χ0v) is 11.9. The highest BCUT2D eigenvalue weighted by atomic mass is 79.9. The molecule has 1 aliphatic rings. The van der Waals surface area contributed by atoms with Crippen molar-refractivity contribution in [2.75, 3.05) is 13.2 Å². The molecule has 0 saturated carbocycles. The third-order valence-corrected chi connectivity index (χ3v) is 3.83. The van der Waals surface area contributed by atoms with E-state index >= 15 is 0 Å². The third-order valence-electron chi connectivity index (χ3n) is 2.57. The van der Waals surface area contributed by atoms with Crippen LogP contribution < -0.4 is 5.46 Å². The fraction of sp³-hybridized carbons (Fsp3) is 0.455. The Kier molecular flexibility index (Phi) is 3.83. The first-order chi connectivity index (χ1) is 7.91. The first kappa shape index (κ1) is 13.3. The van der Waals surface area contributed by atoms with Crippen molar-refractivity contribution in [2.24, 2.45) is 5.41 Å². The second-order valence-electron chi connectivity index (χ2n) is 4.88. The van der Waals surface area contributed by atoms with E-state index in [1.54, 1.807) is 12.1 Å². The average Bonchev–Trinajstić information content (AvgIpc) is 2.27. The molecule has 0 atom stereocenters. The van der Waals surface area contributed by atoms with Gasteiger partial charge in [-0.25, -0.2) is 4.39 Å². The Bertz CT molecular complexity index is 432. The summed E-state index contributed by atoms with van der Waals surface area (Å²) in [6, 6.07) is 3.31. The predicted octanol–water partition coefficient (Wildman–Crippen LogP) is 3.01. The van der Waals surface area contributed by atoms with Crippen LogP contribution in [0, 0.1) is 11.2 Å². The van der Waals surface area contributed by atoms with Crippen molar-refractivity contribution < 1.29 is 13.7 Å². The van der Waals surface area contributed by atoms with Crippen LogP contribution in [0.15, 0.2) is 16.6 Å². The van der Waals surface area contributed by atoms with Crippen molar-refractivity contribution in [3.05, 3.63) is 27.4 Å². The minimum atomic E-state index is -0.673. The lowest BCUT2D eigenvalue weighted by Gasteiger charge is -2.33.